The number of hydrogen-bond donors (Lipinski definition) is 0. The highest BCUT2D eigenvalue weighted by atomic mass is 16.5. The van der Waals surface area contributed by atoms with Crippen LogP contribution in [0, 0.1) is 16.7 Å². The van der Waals surface area contributed by atoms with E-state index in [2.05, 4.69) is 41.5 Å². The zero-order valence-corrected chi connectivity index (χ0v) is 11.4. The second-order valence-electron chi connectivity index (χ2n) is 7.34. The monoisotopic (exact) mass is 212 g/mol. The summed E-state index contributed by atoms with van der Waals surface area (Å²) in [4.78, 5) is 0. The normalized spacial score (nSPS) is 27.6. The van der Waals surface area contributed by atoms with Gasteiger partial charge in [-0.3, -0.25) is 0 Å². The molecule has 0 atom stereocenters. The van der Waals surface area contributed by atoms with Crippen LogP contribution in [0.4, 0.5) is 0 Å². The van der Waals surface area contributed by atoms with Crippen LogP contribution >= 0.6 is 0 Å². The molecule has 0 heterocycles. The molecule has 90 valence electrons. The maximum atomic E-state index is 5.88. The summed E-state index contributed by atoms with van der Waals surface area (Å²) < 4.78 is 5.88. The molecule has 1 nitrogen and oxygen atoms in total. The lowest BCUT2D eigenvalue weighted by atomic mass is 9.67. The molecule has 0 aromatic heterocycles. The molecule has 1 aliphatic rings. The van der Waals surface area contributed by atoms with Crippen LogP contribution in [0.15, 0.2) is 0 Å². The molecule has 1 saturated carbocycles. The Morgan fingerprint density at radius 3 is 1.93 bits per heavy atom. The first kappa shape index (κ1) is 13.0. The molecule has 0 radical (unpaired) electrons. The topological polar surface area (TPSA) is 9.23 Å². The van der Waals surface area contributed by atoms with E-state index in [0.717, 1.165) is 12.5 Å². The fourth-order valence-corrected chi connectivity index (χ4v) is 1.94. The Morgan fingerprint density at radius 2 is 1.53 bits per heavy atom. The highest BCUT2D eigenvalue weighted by Crippen LogP contribution is 2.42. The van der Waals surface area contributed by atoms with E-state index < -0.39 is 0 Å². The van der Waals surface area contributed by atoms with Gasteiger partial charge < -0.3 is 4.74 Å². The lowest BCUT2D eigenvalue weighted by Gasteiger charge is -2.43. The summed E-state index contributed by atoms with van der Waals surface area (Å²) in [5.41, 5.74) is 0.886. The highest BCUT2D eigenvalue weighted by molar-refractivity contribution is 4.88. The molecule has 1 aliphatic carbocycles. The fraction of sp³-hybridized carbons (Fsp3) is 1.00. The van der Waals surface area contributed by atoms with E-state index in [1.807, 2.05) is 0 Å². The SMILES string of the molecule is CC(C)(C)CCOC1CC(C(C)(C)C)C1. The van der Waals surface area contributed by atoms with Gasteiger partial charge in [-0.25, -0.2) is 0 Å². The van der Waals surface area contributed by atoms with Crippen molar-refractivity contribution in [3.05, 3.63) is 0 Å². The van der Waals surface area contributed by atoms with Crippen molar-refractivity contribution in [2.75, 3.05) is 6.61 Å². The summed E-state index contributed by atoms with van der Waals surface area (Å²) in [7, 11) is 0. The average molecular weight is 212 g/mol. The summed E-state index contributed by atoms with van der Waals surface area (Å²) in [6.07, 6.45) is 4.27. The first-order valence-electron chi connectivity index (χ1n) is 6.30. The van der Waals surface area contributed by atoms with Gasteiger partial charge in [-0.1, -0.05) is 41.5 Å². The summed E-state index contributed by atoms with van der Waals surface area (Å²) in [6.45, 7) is 14.8. The van der Waals surface area contributed by atoms with E-state index in [0.29, 0.717) is 16.9 Å². The van der Waals surface area contributed by atoms with Crippen LogP contribution in [0.3, 0.4) is 0 Å². The maximum absolute atomic E-state index is 5.88. The number of hydrogen-bond acceptors (Lipinski definition) is 1. The van der Waals surface area contributed by atoms with E-state index in [1.165, 1.54) is 19.3 Å². The van der Waals surface area contributed by atoms with Gasteiger partial charge in [0.25, 0.3) is 0 Å². The van der Waals surface area contributed by atoms with Crippen molar-refractivity contribution in [1.82, 2.24) is 0 Å². The van der Waals surface area contributed by atoms with E-state index in [-0.39, 0.29) is 0 Å². The molecule has 1 rings (SSSR count). The largest absolute Gasteiger partial charge is 0.378 e. The van der Waals surface area contributed by atoms with Crippen molar-refractivity contribution < 1.29 is 4.74 Å². The molecule has 15 heavy (non-hydrogen) atoms. The van der Waals surface area contributed by atoms with Crippen molar-refractivity contribution in [2.24, 2.45) is 16.7 Å². The Labute approximate surface area is 95.6 Å². The minimum absolute atomic E-state index is 0.410. The van der Waals surface area contributed by atoms with E-state index in [1.54, 1.807) is 0 Å². The molecular weight excluding hydrogens is 184 g/mol. The molecular formula is C14H28O. The standard InChI is InChI=1S/C14H28O/c1-13(2,3)7-8-15-12-9-11(10-12)14(4,5)6/h11-12H,7-10H2,1-6H3. The summed E-state index contributed by atoms with van der Waals surface area (Å²) >= 11 is 0. The quantitative estimate of drug-likeness (QED) is 0.679. The Morgan fingerprint density at radius 1 is 1.00 bits per heavy atom. The predicted octanol–water partition coefficient (Wildman–Crippen LogP) is 4.26. The van der Waals surface area contributed by atoms with Crippen LogP contribution < -0.4 is 0 Å². The van der Waals surface area contributed by atoms with E-state index >= 15 is 0 Å². The molecule has 1 heteroatoms. The molecule has 0 saturated heterocycles. The van der Waals surface area contributed by atoms with Gasteiger partial charge in [0.1, 0.15) is 0 Å². The molecule has 0 amide bonds. The van der Waals surface area contributed by atoms with E-state index in [4.69, 9.17) is 4.74 Å². The molecule has 1 fully saturated rings. The van der Waals surface area contributed by atoms with Crippen LogP contribution in [0.25, 0.3) is 0 Å². The summed E-state index contributed by atoms with van der Waals surface area (Å²) in [5, 5.41) is 0. The zero-order valence-electron chi connectivity index (χ0n) is 11.4. The van der Waals surface area contributed by atoms with Gasteiger partial charge in [-0.15, -0.1) is 0 Å². The third kappa shape index (κ3) is 4.55. The van der Waals surface area contributed by atoms with Crippen molar-refractivity contribution in [1.29, 1.82) is 0 Å². The molecule has 0 aromatic rings. The second kappa shape index (κ2) is 4.45. The van der Waals surface area contributed by atoms with Gasteiger partial charge in [-0.05, 0) is 36.0 Å². The van der Waals surface area contributed by atoms with Gasteiger partial charge in [0.2, 0.25) is 0 Å². The fourth-order valence-electron chi connectivity index (χ4n) is 1.94. The summed E-state index contributed by atoms with van der Waals surface area (Å²) in [5.74, 6) is 0.872. The van der Waals surface area contributed by atoms with Crippen LogP contribution in [0.2, 0.25) is 0 Å². The van der Waals surface area contributed by atoms with E-state index in [9.17, 15) is 0 Å². The van der Waals surface area contributed by atoms with Crippen molar-refractivity contribution >= 4 is 0 Å². The minimum atomic E-state index is 0.410. The lowest BCUT2D eigenvalue weighted by molar-refractivity contribution is -0.0674. The molecule has 0 spiro atoms. The van der Waals surface area contributed by atoms with Gasteiger partial charge in [0.15, 0.2) is 0 Å². The van der Waals surface area contributed by atoms with Gasteiger partial charge in [-0.2, -0.15) is 0 Å². The Bertz CT molecular complexity index is 188. The van der Waals surface area contributed by atoms with Gasteiger partial charge in [0, 0.05) is 6.61 Å². The maximum Gasteiger partial charge on any atom is 0.0580 e. The van der Waals surface area contributed by atoms with Gasteiger partial charge >= 0.3 is 0 Å². The van der Waals surface area contributed by atoms with Crippen LogP contribution in [-0.2, 0) is 4.74 Å². The first-order valence-corrected chi connectivity index (χ1v) is 6.30. The Balaban J connectivity index is 2.09. The Kier molecular flexibility index (Phi) is 3.86. The van der Waals surface area contributed by atoms with Crippen LogP contribution in [-0.4, -0.2) is 12.7 Å². The smallest absolute Gasteiger partial charge is 0.0580 e. The average Bonchev–Trinajstić information content (AvgIpc) is 1.88. The van der Waals surface area contributed by atoms with Crippen molar-refractivity contribution in [2.45, 2.75) is 66.9 Å². The lowest BCUT2D eigenvalue weighted by Crippen LogP contribution is -2.39. The third-order valence-corrected chi connectivity index (χ3v) is 3.53. The summed E-state index contributed by atoms with van der Waals surface area (Å²) in [6, 6.07) is 0. The molecule has 0 bridgehead atoms. The number of rotatable bonds is 3. The Hall–Kier alpha value is -0.0400. The van der Waals surface area contributed by atoms with Crippen LogP contribution in [0.5, 0.6) is 0 Å². The van der Waals surface area contributed by atoms with Gasteiger partial charge in [0.05, 0.1) is 6.10 Å². The number of ether oxygens (including phenoxy) is 1. The zero-order chi connectivity index (χ0) is 11.7. The molecule has 0 unspecified atom stereocenters. The van der Waals surface area contributed by atoms with Crippen molar-refractivity contribution in [3.63, 3.8) is 0 Å². The molecule has 0 aliphatic heterocycles. The molecule has 0 aromatic carbocycles. The highest BCUT2D eigenvalue weighted by Gasteiger charge is 2.37. The molecule has 0 N–H and O–H groups in total. The second-order valence-corrected chi connectivity index (χ2v) is 7.34. The van der Waals surface area contributed by atoms with Crippen molar-refractivity contribution in [3.8, 4) is 0 Å². The van der Waals surface area contributed by atoms with Crippen LogP contribution in [0.1, 0.15) is 60.8 Å². The predicted molar refractivity (Wildman–Crippen MR) is 66.0 cm³/mol. The first-order chi connectivity index (χ1) is 6.68. The minimum Gasteiger partial charge on any atom is -0.378 e. The third-order valence-electron chi connectivity index (χ3n) is 3.53.